The predicted molar refractivity (Wildman–Crippen MR) is 132 cm³/mol. The fraction of sp³-hybridized carbons (Fsp3) is 0.214. The molecule has 172 valence electrons. The van der Waals surface area contributed by atoms with Crippen molar-refractivity contribution < 1.29 is 19.2 Å². The number of benzene rings is 2. The molecule has 0 bridgehead atoms. The minimum atomic E-state index is -0.332. The molecule has 0 saturated carbocycles. The van der Waals surface area contributed by atoms with Crippen molar-refractivity contribution in [2.45, 2.75) is 40.0 Å². The Morgan fingerprint density at radius 2 is 1.15 bits per heavy atom. The number of aryl methyl sites for hydroxylation is 2. The van der Waals surface area contributed by atoms with Crippen molar-refractivity contribution in [2.75, 3.05) is 9.80 Å². The zero-order valence-corrected chi connectivity index (χ0v) is 19.9. The summed E-state index contributed by atoms with van der Waals surface area (Å²) in [6.45, 7) is 10.0. The van der Waals surface area contributed by atoms with Crippen molar-refractivity contribution in [3.8, 4) is 0 Å². The molecule has 6 nitrogen and oxygen atoms in total. The van der Waals surface area contributed by atoms with Gasteiger partial charge in [0.2, 0.25) is 0 Å². The molecule has 0 unspecified atom stereocenters. The molecule has 2 aromatic rings. The maximum Gasteiger partial charge on any atom is 0.258 e. The fourth-order valence-electron chi connectivity index (χ4n) is 4.44. The standard InChI is InChI=1S/C28H26N2O4/c1-17-14-20(6-8-22(17)29-24(31)10-11-25(29)32)19(3)16-28(4,5)21-7-9-23(18(2)15-21)30-26(33)12-13-27(30)34/h6-16H,1-5H3. The molecule has 2 aliphatic heterocycles. The Bertz CT molecular complexity index is 1310. The molecule has 0 atom stereocenters. The monoisotopic (exact) mass is 454 g/mol. The number of hydrogen-bond acceptors (Lipinski definition) is 4. The minimum absolute atomic E-state index is 0.331. The molecule has 4 rings (SSSR count). The second kappa shape index (κ2) is 8.37. The lowest BCUT2D eigenvalue weighted by Gasteiger charge is -2.25. The Morgan fingerprint density at radius 3 is 1.59 bits per heavy atom. The van der Waals surface area contributed by atoms with E-state index in [-0.39, 0.29) is 29.0 Å². The van der Waals surface area contributed by atoms with Crippen LogP contribution in [-0.2, 0) is 24.6 Å². The lowest BCUT2D eigenvalue weighted by Crippen LogP contribution is -2.30. The quantitative estimate of drug-likeness (QED) is 0.622. The summed E-state index contributed by atoms with van der Waals surface area (Å²) in [7, 11) is 0. The van der Waals surface area contributed by atoms with Gasteiger partial charge in [0.15, 0.2) is 0 Å². The van der Waals surface area contributed by atoms with Crippen molar-refractivity contribution in [3.63, 3.8) is 0 Å². The number of carbonyl (C=O) groups is 4. The zero-order chi connectivity index (χ0) is 24.8. The van der Waals surface area contributed by atoms with Crippen LogP contribution in [0.15, 0.2) is 66.8 Å². The Hall–Kier alpha value is -4.06. The normalized spacial score (nSPS) is 16.4. The van der Waals surface area contributed by atoms with Gasteiger partial charge in [0.05, 0.1) is 11.4 Å². The van der Waals surface area contributed by atoms with E-state index in [0.717, 1.165) is 27.8 Å². The smallest absolute Gasteiger partial charge is 0.258 e. The van der Waals surface area contributed by atoms with Gasteiger partial charge in [0.25, 0.3) is 23.6 Å². The molecule has 34 heavy (non-hydrogen) atoms. The molecular weight excluding hydrogens is 428 g/mol. The fourth-order valence-corrected chi connectivity index (χ4v) is 4.44. The van der Waals surface area contributed by atoms with Gasteiger partial charge in [-0.15, -0.1) is 0 Å². The number of amides is 4. The van der Waals surface area contributed by atoms with Gasteiger partial charge >= 0.3 is 0 Å². The molecule has 0 aliphatic carbocycles. The summed E-state index contributed by atoms with van der Waals surface area (Å²) in [5.41, 5.74) is 5.62. The highest BCUT2D eigenvalue weighted by Crippen LogP contribution is 2.34. The van der Waals surface area contributed by atoms with E-state index in [1.54, 1.807) is 6.07 Å². The minimum Gasteiger partial charge on any atom is -0.269 e. The summed E-state index contributed by atoms with van der Waals surface area (Å²) in [6, 6.07) is 11.4. The van der Waals surface area contributed by atoms with E-state index in [4.69, 9.17) is 0 Å². The van der Waals surface area contributed by atoms with Gasteiger partial charge in [0, 0.05) is 29.7 Å². The van der Waals surface area contributed by atoms with Crippen LogP contribution in [-0.4, -0.2) is 23.6 Å². The van der Waals surface area contributed by atoms with Crippen molar-refractivity contribution >= 4 is 40.6 Å². The third-order valence-electron chi connectivity index (χ3n) is 6.27. The Kier molecular flexibility index (Phi) is 5.69. The number of carbonyl (C=O) groups excluding carboxylic acids is 4. The molecule has 6 heteroatoms. The van der Waals surface area contributed by atoms with Crippen LogP contribution >= 0.6 is 0 Å². The van der Waals surface area contributed by atoms with Gasteiger partial charge in [-0.2, -0.15) is 0 Å². The highest BCUT2D eigenvalue weighted by Gasteiger charge is 2.28. The lowest BCUT2D eigenvalue weighted by atomic mass is 9.81. The summed E-state index contributed by atoms with van der Waals surface area (Å²) in [4.78, 5) is 50.5. The van der Waals surface area contributed by atoms with Crippen LogP contribution in [0, 0.1) is 13.8 Å². The Morgan fingerprint density at radius 1 is 0.706 bits per heavy atom. The summed E-state index contributed by atoms with van der Waals surface area (Å²) in [5.74, 6) is -1.33. The van der Waals surface area contributed by atoms with Crippen LogP contribution in [0.5, 0.6) is 0 Å². The second-order valence-electron chi connectivity index (χ2n) is 9.24. The van der Waals surface area contributed by atoms with Crippen LogP contribution in [0.25, 0.3) is 5.57 Å². The van der Waals surface area contributed by atoms with Crippen LogP contribution in [0.4, 0.5) is 11.4 Å². The van der Waals surface area contributed by atoms with Gasteiger partial charge in [-0.25, -0.2) is 9.80 Å². The second-order valence-corrected chi connectivity index (χ2v) is 9.24. The third kappa shape index (κ3) is 4.03. The largest absolute Gasteiger partial charge is 0.269 e. The number of hydrogen-bond donors (Lipinski definition) is 0. The molecule has 2 aromatic carbocycles. The van der Waals surface area contributed by atoms with E-state index in [1.165, 1.54) is 34.1 Å². The summed E-state index contributed by atoms with van der Waals surface area (Å²) >= 11 is 0. The van der Waals surface area contributed by atoms with E-state index in [2.05, 4.69) is 19.9 Å². The van der Waals surface area contributed by atoms with Crippen molar-refractivity contribution in [2.24, 2.45) is 0 Å². The summed E-state index contributed by atoms with van der Waals surface area (Å²) in [5, 5.41) is 0. The van der Waals surface area contributed by atoms with Crippen molar-refractivity contribution in [3.05, 3.63) is 89.0 Å². The highest BCUT2D eigenvalue weighted by atomic mass is 16.2. The maximum atomic E-state index is 12.1. The number of anilines is 2. The first-order chi connectivity index (χ1) is 16.0. The number of imide groups is 2. The van der Waals surface area contributed by atoms with Gasteiger partial charge in [-0.05, 0) is 66.8 Å². The van der Waals surface area contributed by atoms with Gasteiger partial charge in [0.1, 0.15) is 0 Å². The molecule has 0 spiro atoms. The van der Waals surface area contributed by atoms with Gasteiger partial charge in [-0.3, -0.25) is 19.2 Å². The molecule has 0 radical (unpaired) electrons. The molecule has 0 fully saturated rings. The number of nitrogens with zero attached hydrogens (tertiary/aromatic N) is 2. The topological polar surface area (TPSA) is 74.8 Å². The Balaban J connectivity index is 1.61. The zero-order valence-electron chi connectivity index (χ0n) is 19.9. The summed E-state index contributed by atoms with van der Waals surface area (Å²) < 4.78 is 0. The average molecular weight is 455 g/mol. The SMILES string of the molecule is CC(=CC(C)(C)c1ccc(N2C(=O)C=CC2=O)c(C)c1)c1ccc(N2C(=O)C=CC2=O)c(C)c1. The third-order valence-corrected chi connectivity index (χ3v) is 6.27. The van der Waals surface area contributed by atoms with Crippen molar-refractivity contribution in [1.82, 2.24) is 0 Å². The molecule has 4 amide bonds. The lowest BCUT2D eigenvalue weighted by molar-refractivity contribution is -0.121. The molecule has 0 saturated heterocycles. The van der Waals surface area contributed by atoms with E-state index < -0.39 is 0 Å². The van der Waals surface area contributed by atoms with Crippen LogP contribution in [0.2, 0.25) is 0 Å². The van der Waals surface area contributed by atoms with E-state index in [0.29, 0.717) is 11.4 Å². The molecular formula is C28H26N2O4. The first-order valence-electron chi connectivity index (χ1n) is 11.0. The van der Waals surface area contributed by atoms with Crippen LogP contribution in [0.1, 0.15) is 43.0 Å². The highest BCUT2D eigenvalue weighted by molar-refractivity contribution is 6.29. The van der Waals surface area contributed by atoms with Crippen LogP contribution in [0.3, 0.4) is 0 Å². The first kappa shape index (κ1) is 23.1. The van der Waals surface area contributed by atoms with Gasteiger partial charge in [-0.1, -0.05) is 38.1 Å². The average Bonchev–Trinajstić information content (AvgIpc) is 3.28. The van der Waals surface area contributed by atoms with Gasteiger partial charge < -0.3 is 0 Å². The van der Waals surface area contributed by atoms with Crippen molar-refractivity contribution in [1.29, 1.82) is 0 Å². The predicted octanol–water partition coefficient (Wildman–Crippen LogP) is 4.54. The number of allylic oxidation sites excluding steroid dienone is 2. The molecule has 0 N–H and O–H groups in total. The van der Waals surface area contributed by atoms with E-state index in [9.17, 15) is 19.2 Å². The van der Waals surface area contributed by atoms with Crippen LogP contribution < -0.4 is 9.80 Å². The molecule has 0 aromatic heterocycles. The molecule has 2 heterocycles. The Labute approximate surface area is 198 Å². The molecule has 2 aliphatic rings. The first-order valence-corrected chi connectivity index (χ1v) is 11.0. The number of rotatable bonds is 5. The van der Waals surface area contributed by atoms with E-state index in [1.807, 2.05) is 51.1 Å². The summed E-state index contributed by atoms with van der Waals surface area (Å²) in [6.07, 6.45) is 7.29. The maximum absolute atomic E-state index is 12.1. The van der Waals surface area contributed by atoms with E-state index >= 15 is 0 Å².